The fraction of sp³-hybridized carbons (Fsp3) is 0.615. The van der Waals surface area contributed by atoms with Crippen molar-refractivity contribution in [2.24, 2.45) is 5.92 Å². The Morgan fingerprint density at radius 3 is 2.50 bits per heavy atom. The lowest BCUT2D eigenvalue weighted by molar-refractivity contribution is -0.220. The van der Waals surface area contributed by atoms with E-state index in [4.69, 9.17) is 14.2 Å². The van der Waals surface area contributed by atoms with Crippen LogP contribution in [0.15, 0.2) is 36.5 Å². The summed E-state index contributed by atoms with van der Waals surface area (Å²) >= 11 is 0. The van der Waals surface area contributed by atoms with Crippen LogP contribution in [-0.2, 0) is 29.1 Å². The van der Waals surface area contributed by atoms with Crippen LogP contribution in [0.1, 0.15) is 86.5 Å². The average Bonchev–Trinajstić information content (AvgIpc) is 4.05. The number of methoxy groups -OCH3 is 1. The number of rotatable bonds is 9. The first-order chi connectivity index (χ1) is 27.1. The molecule has 19 heteroatoms. The van der Waals surface area contributed by atoms with E-state index in [1.165, 1.54) is 46.2 Å². The number of benzene rings is 1. The van der Waals surface area contributed by atoms with Crippen LogP contribution in [0.3, 0.4) is 0 Å². The average molecular weight is 838 g/mol. The van der Waals surface area contributed by atoms with Crippen LogP contribution in [0.2, 0.25) is 0 Å². The summed E-state index contributed by atoms with van der Waals surface area (Å²) in [5.41, 5.74) is -4.69. The lowest BCUT2D eigenvalue weighted by Gasteiger charge is -2.42. The van der Waals surface area contributed by atoms with E-state index in [9.17, 15) is 37.1 Å². The fourth-order valence-corrected chi connectivity index (χ4v) is 9.18. The minimum atomic E-state index is -4.42. The molecule has 2 aromatic rings. The van der Waals surface area contributed by atoms with Crippen molar-refractivity contribution in [1.29, 1.82) is 0 Å². The van der Waals surface area contributed by atoms with Gasteiger partial charge in [0, 0.05) is 30.0 Å². The predicted molar refractivity (Wildman–Crippen MR) is 203 cm³/mol. The Morgan fingerprint density at radius 1 is 1.19 bits per heavy atom. The van der Waals surface area contributed by atoms with Gasteiger partial charge in [0.2, 0.25) is 21.8 Å². The van der Waals surface area contributed by atoms with Gasteiger partial charge in [0.05, 0.1) is 24.1 Å². The van der Waals surface area contributed by atoms with Gasteiger partial charge in [-0.2, -0.15) is 8.78 Å². The van der Waals surface area contributed by atoms with Crippen molar-refractivity contribution >= 4 is 44.6 Å². The molecule has 3 N–H and O–H groups in total. The van der Waals surface area contributed by atoms with Crippen molar-refractivity contribution in [2.75, 3.05) is 7.11 Å². The van der Waals surface area contributed by atoms with Gasteiger partial charge in [-0.05, 0) is 96.7 Å². The number of fused-ring (bicyclic) bond motifs is 3. The van der Waals surface area contributed by atoms with Crippen LogP contribution in [0.4, 0.5) is 18.0 Å². The van der Waals surface area contributed by atoms with Crippen LogP contribution < -0.4 is 19.5 Å². The standard InChI is InChI=1S/C39H50F3N5O10S/c1-8-21(2)46(35(51)52)30-23(4)56-22(3)11-9-10-12-25-19-38(25,34(50)45-58(53,54)36(5)14-15-36)44-31(48)28-20-37(6,39(41,42)47(28)33(30)49)57-32-26-18-27(40)29(55-7)17-24(26)13-16-43-32/h10,12-13,16-18,21-23,25,28,30H,8-9,11,14-15,19-20H2,1-7H3,(H,44,48)(H,45,50)(H,51,52)/b12-10-/t21?,22-,23+,25-,28+,30+,37-,38-/m1/s1. The SMILES string of the molecule is CCC(C)N(C(=O)O)[C@@H]1C(=O)N2[C@@H](C[C@@](C)(Oc3nccc4cc(OC)c(F)cc34)C2(F)F)C(=O)N[C@]2(C(=O)NS(=O)(=O)C3(C)CC3)C[C@H]2/C=C\CC[C@@H](C)O[C@H]1C. The summed E-state index contributed by atoms with van der Waals surface area (Å²) in [6.45, 7) is 8.63. The third-order valence-corrected chi connectivity index (χ3v) is 14.3. The van der Waals surface area contributed by atoms with E-state index in [0.29, 0.717) is 31.1 Å². The number of nitrogens with zero attached hydrogens (tertiary/aromatic N) is 3. The molecule has 3 fully saturated rings. The maximum absolute atomic E-state index is 17.5. The molecule has 1 saturated heterocycles. The number of halogens is 3. The van der Waals surface area contributed by atoms with Gasteiger partial charge in [-0.3, -0.25) is 28.9 Å². The molecule has 0 bridgehead atoms. The first-order valence-electron chi connectivity index (χ1n) is 19.3. The van der Waals surface area contributed by atoms with Crippen molar-refractivity contribution < 1.29 is 60.1 Å². The predicted octanol–water partition coefficient (Wildman–Crippen LogP) is 4.88. The zero-order valence-electron chi connectivity index (χ0n) is 33.4. The normalized spacial score (nSPS) is 31.7. The van der Waals surface area contributed by atoms with Gasteiger partial charge in [0.1, 0.15) is 17.6 Å². The molecule has 0 radical (unpaired) electrons. The molecule has 15 nitrogen and oxygen atoms in total. The maximum atomic E-state index is 17.5. The minimum absolute atomic E-state index is 0.0228. The number of ether oxygens (including phenoxy) is 3. The number of hydrogen-bond acceptors (Lipinski definition) is 10. The molecule has 4 aliphatic rings. The number of amides is 4. The second kappa shape index (κ2) is 15.2. The highest BCUT2D eigenvalue weighted by atomic mass is 32.2. The number of carbonyl (C=O) groups excluding carboxylic acids is 3. The third-order valence-electron chi connectivity index (χ3n) is 12.1. The van der Waals surface area contributed by atoms with Gasteiger partial charge >= 0.3 is 12.1 Å². The monoisotopic (exact) mass is 837 g/mol. The van der Waals surface area contributed by atoms with Gasteiger partial charge < -0.3 is 24.6 Å². The number of alkyl halides is 2. The van der Waals surface area contributed by atoms with Gasteiger partial charge in [-0.25, -0.2) is 22.6 Å². The van der Waals surface area contributed by atoms with Crippen LogP contribution >= 0.6 is 0 Å². The van der Waals surface area contributed by atoms with Crippen molar-refractivity contribution in [3.8, 4) is 11.6 Å². The molecule has 0 spiro atoms. The van der Waals surface area contributed by atoms with E-state index >= 15 is 8.78 Å². The number of aromatic nitrogens is 1. The summed E-state index contributed by atoms with van der Waals surface area (Å²) < 4.78 is 94.5. The zero-order valence-corrected chi connectivity index (χ0v) is 34.2. The summed E-state index contributed by atoms with van der Waals surface area (Å²) in [5, 5.41) is 13.3. The summed E-state index contributed by atoms with van der Waals surface area (Å²) in [4.78, 5) is 61.2. The largest absolute Gasteiger partial charge is 0.494 e. The van der Waals surface area contributed by atoms with E-state index in [1.54, 1.807) is 26.0 Å². The molecule has 4 amide bonds. The molecule has 6 rings (SSSR count). The van der Waals surface area contributed by atoms with E-state index < -0.39 is 110 Å². The number of carboxylic acid groups (broad SMARTS) is 1. The maximum Gasteiger partial charge on any atom is 0.408 e. The van der Waals surface area contributed by atoms with Gasteiger partial charge in [0.15, 0.2) is 17.2 Å². The summed E-state index contributed by atoms with van der Waals surface area (Å²) in [6, 6.07) is -5.57. The topological polar surface area (TPSA) is 194 Å². The number of nitrogens with one attached hydrogen (secondary N) is 2. The Labute approximate surface area is 334 Å². The summed E-state index contributed by atoms with van der Waals surface area (Å²) in [6.07, 6.45) is 1.55. The molecular weight excluding hydrogens is 788 g/mol. The number of pyridine rings is 1. The van der Waals surface area contributed by atoms with Crippen LogP contribution in [-0.4, -0.2) is 111 Å². The number of sulfonamides is 1. The molecule has 318 valence electrons. The van der Waals surface area contributed by atoms with Crippen LogP contribution in [0.25, 0.3) is 10.8 Å². The Kier molecular flexibility index (Phi) is 11.2. The van der Waals surface area contributed by atoms with Crippen LogP contribution in [0, 0.1) is 11.7 Å². The molecule has 1 aromatic carbocycles. The molecule has 1 unspecified atom stereocenters. The lowest BCUT2D eigenvalue weighted by atomic mass is 9.99. The second-order valence-electron chi connectivity index (χ2n) is 16.3. The van der Waals surface area contributed by atoms with Gasteiger partial charge in [-0.1, -0.05) is 19.1 Å². The molecule has 58 heavy (non-hydrogen) atoms. The molecule has 2 aliphatic heterocycles. The van der Waals surface area contributed by atoms with Crippen molar-refractivity contribution in [1.82, 2.24) is 24.8 Å². The number of carbonyl (C=O) groups is 4. The van der Waals surface area contributed by atoms with Gasteiger partial charge in [-0.15, -0.1) is 0 Å². The fourth-order valence-electron chi connectivity index (χ4n) is 7.87. The highest BCUT2D eigenvalue weighted by Crippen LogP contribution is 2.51. The van der Waals surface area contributed by atoms with E-state index in [2.05, 4.69) is 15.0 Å². The zero-order chi connectivity index (χ0) is 42.7. The number of hydrogen-bond donors (Lipinski definition) is 3. The highest BCUT2D eigenvalue weighted by molar-refractivity contribution is 7.91. The van der Waals surface area contributed by atoms with Crippen molar-refractivity contribution in [2.45, 2.75) is 139 Å². The smallest absolute Gasteiger partial charge is 0.408 e. The molecular formula is C39H50F3N5O10S. The van der Waals surface area contributed by atoms with Crippen molar-refractivity contribution in [3.63, 3.8) is 0 Å². The van der Waals surface area contributed by atoms with Crippen LogP contribution in [0.5, 0.6) is 11.6 Å². The first kappa shape index (κ1) is 42.9. The second-order valence-corrected chi connectivity index (χ2v) is 18.5. The van der Waals surface area contributed by atoms with Gasteiger partial charge in [0.25, 0.3) is 11.8 Å². The van der Waals surface area contributed by atoms with E-state index in [1.807, 2.05) is 0 Å². The van der Waals surface area contributed by atoms with E-state index in [0.717, 1.165) is 17.9 Å². The molecule has 2 aliphatic carbocycles. The van der Waals surface area contributed by atoms with Crippen molar-refractivity contribution in [3.05, 3.63) is 42.4 Å². The summed E-state index contributed by atoms with van der Waals surface area (Å²) in [7, 11) is -2.95. The molecule has 2 saturated carbocycles. The molecule has 8 atom stereocenters. The summed E-state index contributed by atoms with van der Waals surface area (Å²) in [5.74, 6) is -6.00. The Hall–Kier alpha value is -4.65. The quantitative estimate of drug-likeness (QED) is 0.230. The highest BCUT2D eigenvalue weighted by Gasteiger charge is 2.71. The first-order valence-corrected chi connectivity index (χ1v) is 20.8. The van der Waals surface area contributed by atoms with E-state index in [-0.39, 0.29) is 28.9 Å². The number of allylic oxidation sites excluding steroid dienone is 1. The Bertz CT molecular complexity index is 2140. The lowest BCUT2D eigenvalue weighted by Crippen LogP contribution is -2.65. The minimum Gasteiger partial charge on any atom is -0.494 e. The Balaban J connectivity index is 1.48. The third kappa shape index (κ3) is 7.43. The molecule has 1 aromatic heterocycles. The Morgan fingerprint density at radius 2 is 1.88 bits per heavy atom. The molecule has 3 heterocycles.